The molecular formula is C13H11F2NO2S2. The summed E-state index contributed by atoms with van der Waals surface area (Å²) >= 11 is 0.940. The fourth-order valence-corrected chi connectivity index (χ4v) is 3.03. The second kappa shape index (κ2) is 5.41. The third kappa shape index (κ3) is 3.10. The predicted molar refractivity (Wildman–Crippen MR) is 74.4 cm³/mol. The highest BCUT2D eigenvalue weighted by Crippen LogP contribution is 2.35. The zero-order valence-electron chi connectivity index (χ0n) is 10.4. The molecule has 0 spiro atoms. The molecule has 0 fully saturated rings. The molecule has 2 rings (SSSR count). The van der Waals surface area contributed by atoms with Gasteiger partial charge in [0.05, 0.1) is 9.79 Å². The summed E-state index contributed by atoms with van der Waals surface area (Å²) in [5.74, 6) is -1.99. The van der Waals surface area contributed by atoms with Crippen molar-refractivity contribution in [2.24, 2.45) is 0 Å². The number of hydrogen-bond acceptors (Lipinski definition) is 4. The van der Waals surface area contributed by atoms with Crippen molar-refractivity contribution in [2.75, 3.05) is 12.0 Å². The zero-order chi connectivity index (χ0) is 14.9. The number of nitrogen functional groups attached to an aromatic ring is 1. The fraction of sp³-hybridized carbons (Fsp3) is 0.0769. The zero-order valence-corrected chi connectivity index (χ0v) is 12.1. The molecule has 20 heavy (non-hydrogen) atoms. The van der Waals surface area contributed by atoms with E-state index in [0.29, 0.717) is 4.90 Å². The largest absolute Gasteiger partial charge is 0.398 e. The SMILES string of the molecule is CS(=O)(=O)c1ccc(Sc2c(N)ccc(F)c2F)cc1. The van der Waals surface area contributed by atoms with Crippen LogP contribution in [0.2, 0.25) is 0 Å². The van der Waals surface area contributed by atoms with Gasteiger partial charge in [-0.15, -0.1) is 0 Å². The van der Waals surface area contributed by atoms with Crippen LogP contribution in [-0.4, -0.2) is 14.7 Å². The molecule has 0 unspecified atom stereocenters. The second-order valence-corrected chi connectivity index (χ2v) is 7.22. The van der Waals surface area contributed by atoms with Crippen LogP contribution in [0.3, 0.4) is 0 Å². The summed E-state index contributed by atoms with van der Waals surface area (Å²) < 4.78 is 49.4. The molecule has 0 atom stereocenters. The Bertz CT molecular complexity index is 744. The number of rotatable bonds is 3. The van der Waals surface area contributed by atoms with E-state index in [9.17, 15) is 17.2 Å². The fourth-order valence-electron chi connectivity index (χ4n) is 1.52. The van der Waals surface area contributed by atoms with Crippen LogP contribution >= 0.6 is 11.8 Å². The molecule has 0 aromatic heterocycles. The lowest BCUT2D eigenvalue weighted by molar-refractivity contribution is 0.492. The van der Waals surface area contributed by atoms with Crippen molar-refractivity contribution in [3.63, 3.8) is 0 Å². The number of hydrogen-bond donors (Lipinski definition) is 1. The van der Waals surface area contributed by atoms with Gasteiger partial charge in [0.1, 0.15) is 0 Å². The molecule has 0 aliphatic rings. The maximum absolute atomic E-state index is 13.6. The van der Waals surface area contributed by atoms with Crippen molar-refractivity contribution in [2.45, 2.75) is 14.7 Å². The van der Waals surface area contributed by atoms with Gasteiger partial charge in [0, 0.05) is 16.8 Å². The van der Waals surface area contributed by atoms with Crippen molar-refractivity contribution in [1.82, 2.24) is 0 Å². The van der Waals surface area contributed by atoms with Crippen LogP contribution in [0.15, 0.2) is 51.1 Å². The Labute approximate surface area is 119 Å². The van der Waals surface area contributed by atoms with E-state index in [0.717, 1.165) is 24.1 Å². The van der Waals surface area contributed by atoms with Gasteiger partial charge in [0.25, 0.3) is 0 Å². The first kappa shape index (κ1) is 14.8. The summed E-state index contributed by atoms with van der Waals surface area (Å²) in [5, 5.41) is 0. The summed E-state index contributed by atoms with van der Waals surface area (Å²) in [5.41, 5.74) is 5.74. The minimum Gasteiger partial charge on any atom is -0.398 e. The molecule has 0 saturated carbocycles. The van der Waals surface area contributed by atoms with E-state index in [4.69, 9.17) is 5.73 Å². The van der Waals surface area contributed by atoms with Crippen molar-refractivity contribution in [3.05, 3.63) is 48.0 Å². The number of anilines is 1. The first-order valence-electron chi connectivity index (χ1n) is 5.50. The third-order valence-electron chi connectivity index (χ3n) is 2.55. The van der Waals surface area contributed by atoms with Gasteiger partial charge in [-0.1, -0.05) is 11.8 Å². The maximum atomic E-state index is 13.6. The Balaban J connectivity index is 2.34. The van der Waals surface area contributed by atoms with Crippen molar-refractivity contribution in [1.29, 1.82) is 0 Å². The third-order valence-corrected chi connectivity index (χ3v) is 4.81. The quantitative estimate of drug-likeness (QED) is 0.884. The van der Waals surface area contributed by atoms with Gasteiger partial charge in [-0.2, -0.15) is 0 Å². The molecule has 0 amide bonds. The maximum Gasteiger partial charge on any atom is 0.175 e. The minimum atomic E-state index is -3.28. The van der Waals surface area contributed by atoms with Gasteiger partial charge >= 0.3 is 0 Å². The van der Waals surface area contributed by atoms with Gasteiger partial charge in [-0.05, 0) is 36.4 Å². The van der Waals surface area contributed by atoms with Crippen molar-refractivity contribution < 1.29 is 17.2 Å². The monoisotopic (exact) mass is 315 g/mol. The Morgan fingerprint density at radius 1 is 1.05 bits per heavy atom. The first-order valence-corrected chi connectivity index (χ1v) is 8.21. The van der Waals surface area contributed by atoms with Gasteiger partial charge in [0.2, 0.25) is 0 Å². The molecule has 0 heterocycles. The van der Waals surface area contributed by atoms with E-state index in [1.165, 1.54) is 30.3 Å². The molecule has 0 aliphatic heterocycles. The lowest BCUT2D eigenvalue weighted by Gasteiger charge is -2.08. The Hall–Kier alpha value is -1.60. The van der Waals surface area contributed by atoms with Crippen molar-refractivity contribution in [3.8, 4) is 0 Å². The minimum absolute atomic E-state index is 0.0166. The van der Waals surface area contributed by atoms with E-state index in [-0.39, 0.29) is 15.5 Å². The van der Waals surface area contributed by atoms with E-state index >= 15 is 0 Å². The predicted octanol–water partition coefficient (Wildman–Crippen LogP) is 3.10. The van der Waals surface area contributed by atoms with Crippen LogP contribution in [-0.2, 0) is 9.84 Å². The average molecular weight is 315 g/mol. The molecule has 0 radical (unpaired) electrons. The molecule has 3 nitrogen and oxygen atoms in total. The van der Waals surface area contributed by atoms with Crippen LogP contribution in [0.1, 0.15) is 0 Å². The van der Waals surface area contributed by atoms with E-state index in [1.54, 1.807) is 0 Å². The normalized spacial score (nSPS) is 11.6. The lowest BCUT2D eigenvalue weighted by atomic mass is 10.3. The summed E-state index contributed by atoms with van der Waals surface area (Å²) in [7, 11) is -3.28. The van der Waals surface area contributed by atoms with Gasteiger partial charge < -0.3 is 5.73 Å². The molecule has 2 aromatic carbocycles. The van der Waals surface area contributed by atoms with Gasteiger partial charge in [-0.25, -0.2) is 17.2 Å². The van der Waals surface area contributed by atoms with Gasteiger partial charge in [-0.3, -0.25) is 0 Å². The topological polar surface area (TPSA) is 60.2 Å². The van der Waals surface area contributed by atoms with Gasteiger partial charge in [0.15, 0.2) is 21.5 Å². The number of halogens is 2. The lowest BCUT2D eigenvalue weighted by Crippen LogP contribution is -1.97. The molecule has 0 saturated heterocycles. The van der Waals surface area contributed by atoms with E-state index in [2.05, 4.69) is 0 Å². The highest BCUT2D eigenvalue weighted by molar-refractivity contribution is 7.99. The average Bonchev–Trinajstić information content (AvgIpc) is 2.39. The molecule has 106 valence electrons. The Kier molecular flexibility index (Phi) is 4.01. The molecule has 0 aliphatic carbocycles. The molecule has 0 bridgehead atoms. The molecule has 7 heteroatoms. The summed E-state index contributed by atoms with van der Waals surface area (Å²) in [6.07, 6.45) is 1.10. The summed E-state index contributed by atoms with van der Waals surface area (Å²) in [6, 6.07) is 8.10. The first-order chi connectivity index (χ1) is 9.29. The highest BCUT2D eigenvalue weighted by atomic mass is 32.2. The molecule has 2 N–H and O–H groups in total. The van der Waals surface area contributed by atoms with Crippen LogP contribution in [0, 0.1) is 11.6 Å². The smallest absolute Gasteiger partial charge is 0.175 e. The van der Waals surface area contributed by atoms with E-state index < -0.39 is 21.5 Å². The van der Waals surface area contributed by atoms with Crippen LogP contribution in [0.25, 0.3) is 0 Å². The van der Waals surface area contributed by atoms with Crippen LogP contribution < -0.4 is 5.73 Å². The second-order valence-electron chi connectivity index (χ2n) is 4.13. The molecular weight excluding hydrogens is 304 g/mol. The van der Waals surface area contributed by atoms with Crippen LogP contribution in [0.5, 0.6) is 0 Å². The molecule has 2 aromatic rings. The summed E-state index contributed by atoms with van der Waals surface area (Å²) in [6.45, 7) is 0. The van der Waals surface area contributed by atoms with Crippen molar-refractivity contribution >= 4 is 27.3 Å². The summed E-state index contributed by atoms with van der Waals surface area (Å²) in [4.78, 5) is 0.709. The number of benzene rings is 2. The van der Waals surface area contributed by atoms with Crippen LogP contribution in [0.4, 0.5) is 14.5 Å². The Morgan fingerprint density at radius 3 is 2.20 bits per heavy atom. The standard InChI is InChI=1S/C13H11F2NO2S2/c1-20(17,18)9-4-2-8(3-5-9)19-13-11(16)7-6-10(14)12(13)15/h2-7H,16H2,1H3. The Morgan fingerprint density at radius 2 is 1.65 bits per heavy atom. The number of nitrogens with two attached hydrogens (primary N) is 1. The number of sulfone groups is 1. The highest BCUT2D eigenvalue weighted by Gasteiger charge is 2.14. The van der Waals surface area contributed by atoms with E-state index in [1.807, 2.05) is 0 Å².